The zero-order valence-corrected chi connectivity index (χ0v) is 5.76. The summed E-state index contributed by atoms with van der Waals surface area (Å²) in [4.78, 5) is 2.30. The Morgan fingerprint density at radius 3 is 3.10 bits per heavy atom. The predicted octanol–water partition coefficient (Wildman–Crippen LogP) is 0.0944. The van der Waals surface area contributed by atoms with E-state index < -0.39 is 0 Å². The molecule has 3 aliphatic rings. The Kier molecular flexibility index (Phi) is 0.480. The molecule has 50 valence electrons. The third-order valence-corrected chi connectivity index (χ3v) is 2.72. The van der Waals surface area contributed by atoms with Crippen LogP contribution >= 0.6 is 0 Å². The fourth-order valence-corrected chi connectivity index (χ4v) is 1.84. The molecule has 1 spiro atoms. The molecular formula is C8H8N2. The normalized spacial score (nSPS) is 47.4. The van der Waals surface area contributed by atoms with Gasteiger partial charge in [0.05, 0.1) is 0 Å². The topological polar surface area (TPSA) is 25.0 Å². The summed E-state index contributed by atoms with van der Waals surface area (Å²) in [6.45, 7) is 2.08. The van der Waals surface area contributed by atoms with Crippen molar-refractivity contribution in [3.05, 3.63) is 11.8 Å². The Balaban J connectivity index is 1.92. The van der Waals surface area contributed by atoms with Crippen LogP contribution in [0.4, 0.5) is 0 Å². The van der Waals surface area contributed by atoms with Gasteiger partial charge in [0, 0.05) is 17.7 Å². The Bertz CT molecular complexity index is 286. The first-order valence-electron chi connectivity index (χ1n) is 3.55. The van der Waals surface area contributed by atoms with Crippen LogP contribution in [0.2, 0.25) is 0 Å². The van der Waals surface area contributed by atoms with Gasteiger partial charge in [0.25, 0.3) is 0 Å². The van der Waals surface area contributed by atoms with E-state index in [4.69, 9.17) is 6.42 Å². The highest BCUT2D eigenvalue weighted by molar-refractivity contribution is 5.57. The molecule has 0 saturated carbocycles. The summed E-state index contributed by atoms with van der Waals surface area (Å²) in [7, 11) is 0. The third kappa shape index (κ3) is 0.252. The van der Waals surface area contributed by atoms with Crippen molar-refractivity contribution in [1.82, 2.24) is 10.2 Å². The molecule has 0 radical (unpaired) electrons. The average molecular weight is 132 g/mol. The standard InChI is InChI=1S/C8H8N2/c1-3-5(2)6-4-10-7-8(6,10)9-7/h1,4-5,7,9H,2H3. The van der Waals surface area contributed by atoms with E-state index in [0.717, 1.165) is 0 Å². The van der Waals surface area contributed by atoms with E-state index in [2.05, 4.69) is 29.3 Å². The number of terminal acetylenes is 1. The molecule has 2 nitrogen and oxygen atoms in total. The van der Waals surface area contributed by atoms with Crippen molar-refractivity contribution in [3.8, 4) is 12.3 Å². The van der Waals surface area contributed by atoms with Crippen molar-refractivity contribution in [2.75, 3.05) is 0 Å². The molecule has 3 atom stereocenters. The van der Waals surface area contributed by atoms with Crippen LogP contribution in [0, 0.1) is 18.3 Å². The van der Waals surface area contributed by atoms with Crippen LogP contribution < -0.4 is 5.32 Å². The zero-order chi connectivity index (χ0) is 6.93. The Morgan fingerprint density at radius 1 is 2.00 bits per heavy atom. The number of hydrogen-bond acceptors (Lipinski definition) is 2. The van der Waals surface area contributed by atoms with Gasteiger partial charge in [-0.25, -0.2) is 0 Å². The minimum absolute atomic E-state index is 0.297. The lowest BCUT2D eigenvalue weighted by Crippen LogP contribution is -2.37. The van der Waals surface area contributed by atoms with Gasteiger partial charge in [0.15, 0.2) is 5.66 Å². The molecular weight excluding hydrogens is 124 g/mol. The average Bonchev–Trinajstić information content (AvgIpc) is 2.73. The lowest BCUT2D eigenvalue weighted by atomic mass is 9.95. The summed E-state index contributed by atoms with van der Waals surface area (Å²) in [6, 6.07) is 0. The van der Waals surface area contributed by atoms with Crippen LogP contribution in [0.25, 0.3) is 0 Å². The van der Waals surface area contributed by atoms with Crippen molar-refractivity contribution in [1.29, 1.82) is 0 Å². The summed E-state index contributed by atoms with van der Waals surface area (Å²) in [5.41, 5.74) is 1.70. The molecule has 3 heterocycles. The lowest BCUT2D eigenvalue weighted by Gasteiger charge is -2.27. The van der Waals surface area contributed by atoms with Crippen LogP contribution in [-0.2, 0) is 0 Å². The number of nitrogens with zero attached hydrogens (tertiary/aromatic N) is 1. The molecule has 2 heteroatoms. The van der Waals surface area contributed by atoms with Gasteiger partial charge in [-0.2, -0.15) is 0 Å². The van der Waals surface area contributed by atoms with E-state index >= 15 is 0 Å². The highest BCUT2D eigenvalue weighted by atomic mass is 15.8. The maximum atomic E-state index is 5.30. The highest BCUT2D eigenvalue weighted by Gasteiger charge is 2.84. The van der Waals surface area contributed by atoms with Gasteiger partial charge >= 0.3 is 0 Å². The quantitative estimate of drug-likeness (QED) is 0.404. The summed E-state index contributed by atoms with van der Waals surface area (Å²) in [5.74, 6) is 3.06. The van der Waals surface area contributed by atoms with Crippen LogP contribution in [-0.4, -0.2) is 16.7 Å². The first-order chi connectivity index (χ1) is 4.80. The second-order valence-electron chi connectivity index (χ2n) is 3.19. The minimum atomic E-state index is 0.297. The maximum absolute atomic E-state index is 5.30. The molecule has 3 aliphatic heterocycles. The molecule has 2 saturated heterocycles. The molecule has 1 N–H and O–H groups in total. The zero-order valence-electron chi connectivity index (χ0n) is 5.76. The molecule has 0 aromatic rings. The second-order valence-corrected chi connectivity index (χ2v) is 3.19. The Morgan fingerprint density at radius 2 is 2.80 bits per heavy atom. The van der Waals surface area contributed by atoms with E-state index in [1.807, 2.05) is 0 Å². The summed E-state index contributed by atoms with van der Waals surface area (Å²) in [5, 5.41) is 3.33. The molecule has 3 rings (SSSR count). The number of hydrogen-bond donors (Lipinski definition) is 1. The van der Waals surface area contributed by atoms with Crippen molar-refractivity contribution in [2.45, 2.75) is 18.8 Å². The molecule has 0 amide bonds. The molecule has 0 aromatic carbocycles. The van der Waals surface area contributed by atoms with E-state index in [0.29, 0.717) is 17.7 Å². The van der Waals surface area contributed by atoms with Crippen LogP contribution in [0.1, 0.15) is 6.92 Å². The van der Waals surface area contributed by atoms with Crippen LogP contribution in [0.3, 0.4) is 0 Å². The minimum Gasteiger partial charge on any atom is -0.333 e. The van der Waals surface area contributed by atoms with Crippen molar-refractivity contribution < 1.29 is 0 Å². The lowest BCUT2D eigenvalue weighted by molar-refractivity contribution is 0.366. The van der Waals surface area contributed by atoms with Crippen molar-refractivity contribution in [3.63, 3.8) is 0 Å². The molecule has 0 aromatic heterocycles. The summed E-state index contributed by atoms with van der Waals surface area (Å²) in [6.07, 6.45) is 8.11. The van der Waals surface area contributed by atoms with Gasteiger partial charge in [0.2, 0.25) is 0 Å². The highest BCUT2D eigenvalue weighted by Crippen LogP contribution is 2.65. The first-order valence-corrected chi connectivity index (χ1v) is 3.55. The van der Waals surface area contributed by atoms with Gasteiger partial charge in [-0.05, 0) is 6.92 Å². The van der Waals surface area contributed by atoms with Gasteiger partial charge in [-0.1, -0.05) is 5.92 Å². The first kappa shape index (κ1) is 4.81. The van der Waals surface area contributed by atoms with Crippen molar-refractivity contribution in [2.24, 2.45) is 5.92 Å². The molecule has 2 fully saturated rings. The smallest absolute Gasteiger partial charge is 0.153 e. The largest absolute Gasteiger partial charge is 0.333 e. The molecule has 10 heavy (non-hydrogen) atoms. The van der Waals surface area contributed by atoms with Gasteiger partial charge in [-0.15, -0.1) is 6.42 Å². The monoisotopic (exact) mass is 132 g/mol. The number of nitrogens with one attached hydrogen (secondary N) is 1. The van der Waals surface area contributed by atoms with Gasteiger partial charge in [-0.3, -0.25) is 5.32 Å². The summed E-state index contributed by atoms with van der Waals surface area (Å²) < 4.78 is 0. The van der Waals surface area contributed by atoms with Crippen LogP contribution in [0.5, 0.6) is 0 Å². The fourth-order valence-electron chi connectivity index (χ4n) is 1.84. The van der Waals surface area contributed by atoms with Gasteiger partial charge < -0.3 is 4.90 Å². The Labute approximate surface area is 59.9 Å². The fraction of sp³-hybridized carbons (Fsp3) is 0.500. The van der Waals surface area contributed by atoms with Crippen LogP contribution in [0.15, 0.2) is 11.8 Å². The third-order valence-electron chi connectivity index (χ3n) is 2.72. The predicted molar refractivity (Wildman–Crippen MR) is 37.6 cm³/mol. The number of rotatable bonds is 1. The summed E-state index contributed by atoms with van der Waals surface area (Å²) >= 11 is 0. The van der Waals surface area contributed by atoms with E-state index in [9.17, 15) is 0 Å². The molecule has 3 unspecified atom stereocenters. The Hall–Kier alpha value is -0.940. The van der Waals surface area contributed by atoms with E-state index in [-0.39, 0.29) is 0 Å². The van der Waals surface area contributed by atoms with E-state index in [1.165, 1.54) is 5.57 Å². The maximum Gasteiger partial charge on any atom is 0.153 e. The van der Waals surface area contributed by atoms with Crippen molar-refractivity contribution >= 4 is 0 Å². The molecule has 0 aliphatic carbocycles. The molecule has 0 bridgehead atoms. The SMILES string of the molecule is C#CC(C)C1=CN2C3NC132. The second kappa shape index (κ2) is 0.998. The van der Waals surface area contributed by atoms with Gasteiger partial charge in [0.1, 0.15) is 6.17 Å². The number of fused-ring (bicyclic) bond motifs is 1. The van der Waals surface area contributed by atoms with E-state index in [1.54, 1.807) is 0 Å².